The maximum atomic E-state index is 11.8. The molecule has 0 bridgehead atoms. The third kappa shape index (κ3) is 4.43. The molecule has 96 valence electrons. The van der Waals surface area contributed by atoms with Crippen LogP contribution < -0.4 is 16.4 Å². The predicted octanol–water partition coefficient (Wildman–Crippen LogP) is 1.64. The molecule has 4 N–H and O–H groups in total. The smallest absolute Gasteiger partial charge is 0.265 e. The highest BCUT2D eigenvalue weighted by molar-refractivity contribution is 7.98. The van der Waals surface area contributed by atoms with E-state index >= 15 is 0 Å². The Bertz CT molecular complexity index is 367. The Balaban J connectivity index is 2.50. The number of amides is 1. The van der Waals surface area contributed by atoms with Gasteiger partial charge >= 0.3 is 0 Å². The molecule has 0 radical (unpaired) electrons. The largest absolute Gasteiger partial charge is 0.382 e. The number of aromatic nitrogens is 1. The van der Waals surface area contributed by atoms with Gasteiger partial charge in [0.1, 0.15) is 10.7 Å². The number of hydrogen-bond donors (Lipinski definition) is 3. The molecule has 1 amide bonds. The summed E-state index contributed by atoms with van der Waals surface area (Å²) in [5, 5.41) is 6.58. The van der Waals surface area contributed by atoms with Crippen LogP contribution >= 0.6 is 23.1 Å². The minimum absolute atomic E-state index is 0.134. The van der Waals surface area contributed by atoms with Crippen LogP contribution in [0.3, 0.4) is 0 Å². The van der Waals surface area contributed by atoms with Crippen LogP contribution in [0.15, 0.2) is 0 Å². The SMILES string of the molecule is CCNc1nc(N)c(C(=O)NCCCSC)s1. The van der Waals surface area contributed by atoms with Gasteiger partial charge in [0.2, 0.25) is 0 Å². The number of nitrogen functional groups attached to an aromatic ring is 1. The van der Waals surface area contributed by atoms with Gasteiger partial charge in [-0.1, -0.05) is 11.3 Å². The molecule has 0 spiro atoms. The fraction of sp³-hybridized carbons (Fsp3) is 0.600. The second-order valence-electron chi connectivity index (χ2n) is 3.37. The van der Waals surface area contributed by atoms with Crippen molar-refractivity contribution in [3.05, 3.63) is 4.88 Å². The summed E-state index contributed by atoms with van der Waals surface area (Å²) in [6, 6.07) is 0. The lowest BCUT2D eigenvalue weighted by Crippen LogP contribution is -2.24. The molecule has 0 saturated carbocycles. The number of hydrogen-bond acceptors (Lipinski definition) is 6. The number of thioether (sulfide) groups is 1. The van der Waals surface area contributed by atoms with Gasteiger partial charge in [0.25, 0.3) is 5.91 Å². The average molecular weight is 274 g/mol. The molecule has 1 heterocycles. The summed E-state index contributed by atoms with van der Waals surface area (Å²) in [6.07, 6.45) is 3.01. The van der Waals surface area contributed by atoms with E-state index in [1.807, 2.05) is 13.2 Å². The van der Waals surface area contributed by atoms with E-state index in [0.29, 0.717) is 22.4 Å². The molecular formula is C10H18N4OS2. The second-order valence-corrected chi connectivity index (χ2v) is 5.35. The Kier molecular flexibility index (Phi) is 6.13. The number of carbonyl (C=O) groups excluding carboxylic acids is 1. The minimum Gasteiger partial charge on any atom is -0.382 e. The first-order valence-electron chi connectivity index (χ1n) is 5.46. The summed E-state index contributed by atoms with van der Waals surface area (Å²) < 4.78 is 0. The quantitative estimate of drug-likeness (QED) is 0.659. The summed E-state index contributed by atoms with van der Waals surface area (Å²) in [7, 11) is 0. The fourth-order valence-electron chi connectivity index (χ4n) is 1.22. The normalized spacial score (nSPS) is 10.2. The van der Waals surface area contributed by atoms with E-state index in [2.05, 4.69) is 15.6 Å². The Morgan fingerprint density at radius 2 is 2.35 bits per heavy atom. The molecule has 0 unspecified atom stereocenters. The Hall–Kier alpha value is -0.950. The number of nitrogens with one attached hydrogen (secondary N) is 2. The van der Waals surface area contributed by atoms with Crippen molar-refractivity contribution in [1.82, 2.24) is 10.3 Å². The third-order valence-corrected chi connectivity index (χ3v) is 3.72. The van der Waals surface area contributed by atoms with Crippen LogP contribution in [-0.4, -0.2) is 36.0 Å². The van der Waals surface area contributed by atoms with Gasteiger partial charge in [0.05, 0.1) is 0 Å². The van der Waals surface area contributed by atoms with Crippen LogP contribution in [-0.2, 0) is 0 Å². The van der Waals surface area contributed by atoms with Gasteiger partial charge in [-0.3, -0.25) is 4.79 Å². The lowest BCUT2D eigenvalue weighted by Gasteiger charge is -2.02. The molecule has 7 heteroatoms. The van der Waals surface area contributed by atoms with Crippen molar-refractivity contribution in [2.24, 2.45) is 0 Å². The average Bonchev–Trinajstić information content (AvgIpc) is 2.66. The van der Waals surface area contributed by atoms with Gasteiger partial charge in [-0.25, -0.2) is 4.98 Å². The molecule has 0 aliphatic carbocycles. The molecule has 0 aliphatic heterocycles. The number of carbonyl (C=O) groups is 1. The summed E-state index contributed by atoms with van der Waals surface area (Å²) in [5.41, 5.74) is 5.70. The van der Waals surface area contributed by atoms with Gasteiger partial charge in [0, 0.05) is 13.1 Å². The van der Waals surface area contributed by atoms with Crippen molar-refractivity contribution >= 4 is 40.0 Å². The first-order valence-corrected chi connectivity index (χ1v) is 7.67. The van der Waals surface area contributed by atoms with E-state index in [4.69, 9.17) is 5.73 Å². The topological polar surface area (TPSA) is 80.0 Å². The van der Waals surface area contributed by atoms with E-state index in [1.165, 1.54) is 11.3 Å². The molecule has 0 atom stereocenters. The summed E-state index contributed by atoms with van der Waals surface area (Å²) in [5.74, 6) is 1.21. The third-order valence-electron chi connectivity index (χ3n) is 2.00. The van der Waals surface area contributed by atoms with Crippen LogP contribution in [0.5, 0.6) is 0 Å². The minimum atomic E-state index is -0.134. The van der Waals surface area contributed by atoms with Crippen molar-refractivity contribution in [1.29, 1.82) is 0 Å². The molecule has 0 aliphatic rings. The fourth-order valence-corrected chi connectivity index (χ4v) is 2.52. The number of thiazole rings is 1. The highest BCUT2D eigenvalue weighted by Gasteiger charge is 2.15. The van der Waals surface area contributed by atoms with E-state index in [9.17, 15) is 4.79 Å². The summed E-state index contributed by atoms with van der Waals surface area (Å²) >= 11 is 3.06. The zero-order valence-corrected chi connectivity index (χ0v) is 11.7. The second kappa shape index (κ2) is 7.39. The zero-order chi connectivity index (χ0) is 12.7. The monoisotopic (exact) mass is 274 g/mol. The van der Waals surface area contributed by atoms with Crippen molar-refractivity contribution in [2.75, 3.05) is 36.1 Å². The van der Waals surface area contributed by atoms with Crippen molar-refractivity contribution in [2.45, 2.75) is 13.3 Å². The molecule has 1 rings (SSSR count). The maximum Gasteiger partial charge on any atom is 0.265 e. The van der Waals surface area contributed by atoms with Gasteiger partial charge in [-0.2, -0.15) is 11.8 Å². The molecule has 1 aromatic heterocycles. The van der Waals surface area contributed by atoms with Crippen LogP contribution in [0.2, 0.25) is 0 Å². The van der Waals surface area contributed by atoms with Gasteiger partial charge in [0.15, 0.2) is 5.13 Å². The number of anilines is 2. The van der Waals surface area contributed by atoms with Gasteiger partial charge < -0.3 is 16.4 Å². The Morgan fingerprint density at radius 1 is 1.59 bits per heavy atom. The van der Waals surface area contributed by atoms with Gasteiger partial charge in [-0.05, 0) is 25.4 Å². The molecule has 0 aromatic carbocycles. The Morgan fingerprint density at radius 3 is 3.00 bits per heavy atom. The van der Waals surface area contributed by atoms with Crippen molar-refractivity contribution in [3.8, 4) is 0 Å². The highest BCUT2D eigenvalue weighted by atomic mass is 32.2. The molecule has 5 nitrogen and oxygen atoms in total. The molecule has 17 heavy (non-hydrogen) atoms. The number of nitrogens with zero attached hydrogens (tertiary/aromatic N) is 1. The van der Waals surface area contributed by atoms with Crippen LogP contribution in [0, 0.1) is 0 Å². The molecule has 1 aromatic rings. The van der Waals surface area contributed by atoms with Crippen molar-refractivity contribution in [3.63, 3.8) is 0 Å². The lowest BCUT2D eigenvalue weighted by atomic mass is 10.4. The number of rotatable bonds is 7. The molecule has 0 saturated heterocycles. The van der Waals surface area contributed by atoms with Gasteiger partial charge in [-0.15, -0.1) is 0 Å². The maximum absolute atomic E-state index is 11.8. The van der Waals surface area contributed by atoms with E-state index < -0.39 is 0 Å². The summed E-state index contributed by atoms with van der Waals surface area (Å²) in [6.45, 7) is 3.41. The summed E-state index contributed by atoms with van der Waals surface area (Å²) in [4.78, 5) is 16.4. The standard InChI is InChI=1S/C10H18N4OS2/c1-3-12-10-14-8(11)7(17-10)9(15)13-5-4-6-16-2/h3-6,11H2,1-2H3,(H,12,14)(H,13,15). The Labute approximate surface area is 110 Å². The first-order chi connectivity index (χ1) is 8.19. The lowest BCUT2D eigenvalue weighted by molar-refractivity contribution is 0.0958. The number of nitrogens with two attached hydrogens (primary N) is 1. The van der Waals surface area contributed by atoms with Crippen LogP contribution in [0.25, 0.3) is 0 Å². The predicted molar refractivity (Wildman–Crippen MR) is 76.0 cm³/mol. The van der Waals surface area contributed by atoms with Crippen LogP contribution in [0.1, 0.15) is 23.0 Å². The first kappa shape index (κ1) is 14.1. The zero-order valence-electron chi connectivity index (χ0n) is 10.1. The highest BCUT2D eigenvalue weighted by Crippen LogP contribution is 2.24. The van der Waals surface area contributed by atoms with E-state index in [-0.39, 0.29) is 5.91 Å². The van der Waals surface area contributed by atoms with E-state index in [0.717, 1.165) is 18.7 Å². The van der Waals surface area contributed by atoms with Crippen molar-refractivity contribution < 1.29 is 4.79 Å². The van der Waals surface area contributed by atoms with E-state index in [1.54, 1.807) is 11.8 Å². The molecular weight excluding hydrogens is 256 g/mol. The van der Waals surface area contributed by atoms with Crippen LogP contribution in [0.4, 0.5) is 10.9 Å². The molecule has 0 fully saturated rings.